The fraction of sp³-hybridized carbons (Fsp3) is 0.385. The predicted octanol–water partition coefficient (Wildman–Crippen LogP) is 2.07. The summed E-state index contributed by atoms with van der Waals surface area (Å²) in [5, 5.41) is 13.2. The zero-order valence-electron chi connectivity index (χ0n) is 21.2. The minimum Gasteiger partial charge on any atom is -0.491 e. The van der Waals surface area contributed by atoms with E-state index in [1.807, 2.05) is 50.5 Å². The number of fused-ring (bicyclic) bond motifs is 1. The number of nitrogens with zero attached hydrogens (tertiary/aromatic N) is 4. The molecule has 0 saturated heterocycles. The number of aliphatic hydroxyl groups is 1. The molecule has 1 aromatic heterocycles. The summed E-state index contributed by atoms with van der Waals surface area (Å²) in [6.45, 7) is 1.25. The Balaban J connectivity index is 1.53. The van der Waals surface area contributed by atoms with E-state index in [4.69, 9.17) is 21.1 Å². The minimum atomic E-state index is -0.711. The summed E-state index contributed by atoms with van der Waals surface area (Å²) in [4.78, 5) is 29.9. The van der Waals surface area contributed by atoms with Crippen molar-refractivity contribution < 1.29 is 14.6 Å². The van der Waals surface area contributed by atoms with Gasteiger partial charge in [0.25, 0.3) is 5.56 Å². The van der Waals surface area contributed by atoms with Crippen molar-refractivity contribution in [1.82, 2.24) is 14.0 Å². The smallest absolute Gasteiger partial charge is 0.332 e. The van der Waals surface area contributed by atoms with Crippen LogP contribution in [-0.4, -0.2) is 59.4 Å². The first-order chi connectivity index (χ1) is 17.8. The number of hydrogen-bond donors (Lipinski definition) is 2. The SMILES string of the molecule is CN(C)Cc1cccc(OCCOC2Nc3c(c(=O)n(CCO)c(=O)n3C)N2Cc2ccc(Cl)cc2)c1. The Morgan fingerprint density at radius 2 is 1.84 bits per heavy atom. The Hall–Kier alpha value is -3.31. The fourth-order valence-corrected chi connectivity index (χ4v) is 4.41. The van der Waals surface area contributed by atoms with Gasteiger partial charge >= 0.3 is 5.69 Å². The summed E-state index contributed by atoms with van der Waals surface area (Å²) in [6, 6.07) is 15.2. The molecule has 0 radical (unpaired) electrons. The van der Waals surface area contributed by atoms with Crippen LogP contribution >= 0.6 is 11.6 Å². The number of aliphatic hydroxyl groups excluding tert-OH is 1. The second-order valence-corrected chi connectivity index (χ2v) is 9.51. The second kappa shape index (κ2) is 11.8. The molecule has 1 aliphatic rings. The van der Waals surface area contributed by atoms with Gasteiger partial charge in [-0.3, -0.25) is 13.9 Å². The van der Waals surface area contributed by atoms with Crippen molar-refractivity contribution in [1.29, 1.82) is 0 Å². The maximum Gasteiger partial charge on any atom is 0.332 e. The molecule has 0 fully saturated rings. The molecular weight excluding hydrogens is 498 g/mol. The summed E-state index contributed by atoms with van der Waals surface area (Å²) < 4.78 is 14.4. The second-order valence-electron chi connectivity index (χ2n) is 9.07. The van der Waals surface area contributed by atoms with Gasteiger partial charge in [-0.15, -0.1) is 0 Å². The molecule has 2 heterocycles. The zero-order chi connectivity index (χ0) is 26.5. The van der Waals surface area contributed by atoms with Crippen LogP contribution in [0, 0.1) is 0 Å². The van der Waals surface area contributed by atoms with Gasteiger partial charge in [0.1, 0.15) is 23.9 Å². The Morgan fingerprint density at radius 3 is 2.54 bits per heavy atom. The first-order valence-electron chi connectivity index (χ1n) is 12.0. The third-order valence-electron chi connectivity index (χ3n) is 5.97. The Morgan fingerprint density at radius 1 is 1.08 bits per heavy atom. The molecule has 1 atom stereocenters. The summed E-state index contributed by atoms with van der Waals surface area (Å²) in [5.41, 5.74) is 1.34. The van der Waals surface area contributed by atoms with Crippen molar-refractivity contribution in [3.8, 4) is 5.75 Å². The molecule has 11 heteroatoms. The molecular formula is C26H32ClN5O5. The highest BCUT2D eigenvalue weighted by Crippen LogP contribution is 2.32. The van der Waals surface area contributed by atoms with Gasteiger partial charge in [0, 0.05) is 25.2 Å². The number of ether oxygens (including phenoxy) is 2. The number of hydrogen-bond acceptors (Lipinski definition) is 8. The summed E-state index contributed by atoms with van der Waals surface area (Å²) in [7, 11) is 5.60. The van der Waals surface area contributed by atoms with Gasteiger partial charge in [0.2, 0.25) is 6.35 Å². The lowest BCUT2D eigenvalue weighted by Gasteiger charge is -2.26. The van der Waals surface area contributed by atoms with Crippen LogP contribution < -0.4 is 26.2 Å². The Kier molecular flexibility index (Phi) is 8.55. The van der Waals surface area contributed by atoms with Gasteiger partial charge in [-0.1, -0.05) is 35.9 Å². The molecule has 0 aliphatic carbocycles. The van der Waals surface area contributed by atoms with Crippen LogP contribution in [0.2, 0.25) is 5.02 Å². The highest BCUT2D eigenvalue weighted by Gasteiger charge is 2.35. The molecule has 198 valence electrons. The van der Waals surface area contributed by atoms with Crippen molar-refractivity contribution >= 4 is 23.1 Å². The van der Waals surface area contributed by atoms with Crippen molar-refractivity contribution in [2.24, 2.45) is 7.05 Å². The van der Waals surface area contributed by atoms with E-state index in [1.165, 1.54) is 4.57 Å². The van der Waals surface area contributed by atoms with Crippen molar-refractivity contribution in [2.45, 2.75) is 26.0 Å². The third-order valence-corrected chi connectivity index (χ3v) is 6.22. The van der Waals surface area contributed by atoms with Crippen molar-refractivity contribution in [3.05, 3.63) is 85.5 Å². The standard InChI is InChI=1S/C26H32ClN5O5/c1-29(2)16-19-5-4-6-21(15-19)36-13-14-37-25-28-23-22(24(34)31(11-12-33)26(35)30(23)3)32(25)17-18-7-9-20(27)10-8-18/h4-10,15,25,28,33H,11-14,16-17H2,1-3H3. The van der Waals surface area contributed by atoms with Gasteiger partial charge < -0.3 is 29.7 Å². The molecule has 1 aliphatic heterocycles. The van der Waals surface area contributed by atoms with Crippen LogP contribution in [0.15, 0.2) is 58.1 Å². The number of benzene rings is 2. The van der Waals surface area contributed by atoms with E-state index >= 15 is 0 Å². The molecule has 0 bridgehead atoms. The van der Waals surface area contributed by atoms with E-state index in [0.29, 0.717) is 29.7 Å². The molecule has 0 amide bonds. The van der Waals surface area contributed by atoms with Crippen LogP contribution in [0.5, 0.6) is 5.75 Å². The minimum absolute atomic E-state index is 0.0974. The van der Waals surface area contributed by atoms with E-state index in [2.05, 4.69) is 10.2 Å². The predicted molar refractivity (Wildman–Crippen MR) is 143 cm³/mol. The largest absolute Gasteiger partial charge is 0.491 e. The fourth-order valence-electron chi connectivity index (χ4n) is 4.28. The van der Waals surface area contributed by atoms with Crippen LogP contribution in [0.1, 0.15) is 11.1 Å². The van der Waals surface area contributed by atoms with Crippen LogP contribution in [0.4, 0.5) is 11.5 Å². The number of anilines is 2. The monoisotopic (exact) mass is 529 g/mol. The van der Waals surface area contributed by atoms with Crippen LogP contribution in [0.25, 0.3) is 0 Å². The average molecular weight is 530 g/mol. The highest BCUT2D eigenvalue weighted by molar-refractivity contribution is 6.30. The maximum atomic E-state index is 13.3. The summed E-state index contributed by atoms with van der Waals surface area (Å²) >= 11 is 6.04. The molecule has 1 unspecified atom stereocenters. The zero-order valence-corrected chi connectivity index (χ0v) is 21.9. The molecule has 2 aromatic carbocycles. The molecule has 0 saturated carbocycles. The molecule has 4 rings (SSSR count). The number of nitrogens with one attached hydrogen (secondary N) is 1. The van der Waals surface area contributed by atoms with Gasteiger partial charge in [-0.05, 0) is 49.5 Å². The maximum absolute atomic E-state index is 13.3. The molecule has 2 N–H and O–H groups in total. The number of halogens is 1. The highest BCUT2D eigenvalue weighted by atomic mass is 35.5. The average Bonchev–Trinajstić information content (AvgIpc) is 3.22. The Labute approximate surface area is 220 Å². The number of aromatic nitrogens is 2. The van der Waals surface area contributed by atoms with E-state index in [0.717, 1.165) is 28.0 Å². The first-order valence-corrected chi connectivity index (χ1v) is 12.4. The summed E-state index contributed by atoms with van der Waals surface area (Å²) in [5.74, 6) is 1.11. The van der Waals surface area contributed by atoms with E-state index in [-0.39, 0.29) is 19.8 Å². The topological polar surface area (TPSA) is 101 Å². The van der Waals surface area contributed by atoms with Gasteiger partial charge in [0.15, 0.2) is 0 Å². The lowest BCUT2D eigenvalue weighted by atomic mass is 10.2. The van der Waals surface area contributed by atoms with Gasteiger partial charge in [-0.2, -0.15) is 0 Å². The van der Waals surface area contributed by atoms with Crippen LogP contribution in [-0.2, 0) is 31.4 Å². The van der Waals surface area contributed by atoms with Crippen LogP contribution in [0.3, 0.4) is 0 Å². The first kappa shape index (κ1) is 26.7. The van der Waals surface area contributed by atoms with E-state index in [9.17, 15) is 14.7 Å². The van der Waals surface area contributed by atoms with E-state index in [1.54, 1.807) is 24.1 Å². The third kappa shape index (κ3) is 6.16. The lowest BCUT2D eigenvalue weighted by Crippen LogP contribution is -2.43. The van der Waals surface area contributed by atoms with Crippen molar-refractivity contribution in [2.75, 3.05) is 44.1 Å². The van der Waals surface area contributed by atoms with Crippen molar-refractivity contribution in [3.63, 3.8) is 0 Å². The lowest BCUT2D eigenvalue weighted by molar-refractivity contribution is 0.0500. The molecule has 0 spiro atoms. The Bertz CT molecular complexity index is 1340. The van der Waals surface area contributed by atoms with Gasteiger partial charge in [0.05, 0.1) is 19.8 Å². The molecule has 37 heavy (non-hydrogen) atoms. The van der Waals surface area contributed by atoms with Gasteiger partial charge in [-0.25, -0.2) is 4.79 Å². The molecule has 3 aromatic rings. The molecule has 10 nitrogen and oxygen atoms in total. The summed E-state index contributed by atoms with van der Waals surface area (Å²) in [6.07, 6.45) is -0.711. The number of rotatable bonds is 11. The quantitative estimate of drug-likeness (QED) is 0.364. The normalized spacial score (nSPS) is 14.6. The van der Waals surface area contributed by atoms with E-state index < -0.39 is 17.6 Å².